The number of carbonyl (C=O) groups excluding carboxylic acids is 1. The van der Waals surface area contributed by atoms with Gasteiger partial charge in [-0.25, -0.2) is 0 Å². The number of alkyl halides is 3. The van der Waals surface area contributed by atoms with Gasteiger partial charge in [-0.2, -0.15) is 13.2 Å². The van der Waals surface area contributed by atoms with Crippen LogP contribution in [-0.4, -0.2) is 6.41 Å². The van der Waals surface area contributed by atoms with Crippen molar-refractivity contribution in [1.29, 1.82) is 0 Å². The molecule has 0 heterocycles. The first kappa shape index (κ1) is 13.9. The van der Waals surface area contributed by atoms with Gasteiger partial charge in [0.2, 0.25) is 6.41 Å². The Bertz CT molecular complexity index is 597. The van der Waals surface area contributed by atoms with Gasteiger partial charge in [-0.3, -0.25) is 4.79 Å². The third-order valence-corrected chi connectivity index (χ3v) is 2.49. The van der Waals surface area contributed by atoms with Crippen LogP contribution in [0.1, 0.15) is 5.56 Å². The molecule has 0 radical (unpaired) electrons. The molecular weight excluding hydrogens is 271 g/mol. The van der Waals surface area contributed by atoms with E-state index in [1.165, 1.54) is 6.07 Å². The quantitative estimate of drug-likeness (QED) is 0.858. The highest BCUT2D eigenvalue weighted by molar-refractivity contribution is 5.76. The number of para-hydroxylation sites is 1. The van der Waals surface area contributed by atoms with E-state index in [4.69, 9.17) is 4.74 Å². The first-order chi connectivity index (χ1) is 9.50. The third kappa shape index (κ3) is 3.28. The lowest BCUT2D eigenvalue weighted by Crippen LogP contribution is -2.06. The summed E-state index contributed by atoms with van der Waals surface area (Å²) in [4.78, 5) is 10.5. The van der Waals surface area contributed by atoms with Crippen LogP contribution >= 0.6 is 0 Å². The molecule has 1 N–H and O–H groups in total. The van der Waals surface area contributed by atoms with Gasteiger partial charge in [-0.05, 0) is 30.3 Å². The van der Waals surface area contributed by atoms with E-state index in [-0.39, 0.29) is 11.4 Å². The predicted molar refractivity (Wildman–Crippen MR) is 67.6 cm³/mol. The van der Waals surface area contributed by atoms with Crippen molar-refractivity contribution >= 4 is 12.1 Å². The first-order valence-electron chi connectivity index (χ1n) is 5.65. The molecule has 0 aliphatic carbocycles. The second-order valence-electron chi connectivity index (χ2n) is 3.89. The number of ether oxygens (including phenoxy) is 1. The molecule has 2 aromatic rings. The maximum atomic E-state index is 12.6. The third-order valence-electron chi connectivity index (χ3n) is 2.49. The molecule has 1 amide bonds. The van der Waals surface area contributed by atoms with Crippen molar-refractivity contribution in [2.75, 3.05) is 5.32 Å². The number of amides is 1. The van der Waals surface area contributed by atoms with Crippen LogP contribution < -0.4 is 10.1 Å². The van der Waals surface area contributed by atoms with E-state index in [1.54, 1.807) is 30.3 Å². The summed E-state index contributed by atoms with van der Waals surface area (Å²) in [6.07, 6.45) is -4.18. The van der Waals surface area contributed by atoms with Crippen LogP contribution in [0.3, 0.4) is 0 Å². The fourth-order valence-corrected chi connectivity index (χ4v) is 1.59. The highest BCUT2D eigenvalue weighted by atomic mass is 19.4. The molecule has 0 saturated carbocycles. The summed E-state index contributed by atoms with van der Waals surface area (Å²) >= 11 is 0. The molecule has 0 aliphatic heterocycles. The van der Waals surface area contributed by atoms with Crippen molar-refractivity contribution in [2.24, 2.45) is 0 Å². The summed E-state index contributed by atoms with van der Waals surface area (Å²) in [7, 11) is 0. The molecule has 0 atom stereocenters. The molecule has 0 aromatic heterocycles. The molecule has 0 spiro atoms. The van der Waals surface area contributed by atoms with Crippen molar-refractivity contribution in [2.45, 2.75) is 6.18 Å². The number of rotatable bonds is 4. The maximum absolute atomic E-state index is 12.6. The minimum Gasteiger partial charge on any atom is -0.455 e. The van der Waals surface area contributed by atoms with E-state index >= 15 is 0 Å². The fourth-order valence-electron chi connectivity index (χ4n) is 1.59. The predicted octanol–water partition coefficient (Wildman–Crippen LogP) is 4.07. The highest BCUT2D eigenvalue weighted by Gasteiger charge is 2.31. The zero-order valence-electron chi connectivity index (χ0n) is 10.1. The Morgan fingerprint density at radius 1 is 1.05 bits per heavy atom. The largest absolute Gasteiger partial charge is 0.455 e. The maximum Gasteiger partial charge on any atom is 0.416 e. The average Bonchev–Trinajstić information content (AvgIpc) is 2.41. The molecule has 0 aliphatic rings. The topological polar surface area (TPSA) is 38.3 Å². The Morgan fingerprint density at radius 2 is 1.75 bits per heavy atom. The van der Waals surface area contributed by atoms with Gasteiger partial charge < -0.3 is 10.1 Å². The number of anilines is 1. The minimum atomic E-state index is -4.48. The van der Waals surface area contributed by atoms with Crippen molar-refractivity contribution in [3.05, 3.63) is 54.1 Å². The zero-order valence-corrected chi connectivity index (χ0v) is 10.1. The smallest absolute Gasteiger partial charge is 0.416 e. The number of benzene rings is 2. The van der Waals surface area contributed by atoms with Crippen LogP contribution in [0, 0.1) is 0 Å². The van der Waals surface area contributed by atoms with Crippen LogP contribution in [-0.2, 0) is 11.0 Å². The number of hydrogen-bond acceptors (Lipinski definition) is 2. The summed E-state index contributed by atoms with van der Waals surface area (Å²) in [6.45, 7) is 0. The van der Waals surface area contributed by atoms with Crippen molar-refractivity contribution in [3.63, 3.8) is 0 Å². The van der Waals surface area contributed by atoms with Crippen molar-refractivity contribution in [1.82, 2.24) is 0 Å². The van der Waals surface area contributed by atoms with Gasteiger partial charge in [0.25, 0.3) is 0 Å². The molecule has 0 fully saturated rings. The molecule has 2 aromatic carbocycles. The molecule has 3 nitrogen and oxygen atoms in total. The van der Waals surface area contributed by atoms with Gasteiger partial charge in [-0.15, -0.1) is 0 Å². The Balaban J connectivity index is 2.35. The molecule has 2 rings (SSSR count). The lowest BCUT2D eigenvalue weighted by Gasteiger charge is -2.13. The Kier molecular flexibility index (Phi) is 3.93. The second kappa shape index (κ2) is 5.64. The van der Waals surface area contributed by atoms with E-state index in [9.17, 15) is 18.0 Å². The summed E-state index contributed by atoms with van der Waals surface area (Å²) in [5, 5.41) is 2.20. The average molecular weight is 281 g/mol. The summed E-state index contributed by atoms with van der Waals surface area (Å²) < 4.78 is 43.3. The molecule has 0 unspecified atom stereocenters. The van der Waals surface area contributed by atoms with E-state index in [1.807, 2.05) is 0 Å². The SMILES string of the molecule is O=CNc1cc(C(F)(F)F)ccc1Oc1ccccc1. The summed E-state index contributed by atoms with van der Waals surface area (Å²) in [5.74, 6) is 0.595. The van der Waals surface area contributed by atoms with Crippen LogP contribution in [0.2, 0.25) is 0 Å². The van der Waals surface area contributed by atoms with Crippen molar-refractivity contribution < 1.29 is 22.7 Å². The number of hydrogen-bond donors (Lipinski definition) is 1. The zero-order chi connectivity index (χ0) is 14.6. The normalized spacial score (nSPS) is 10.9. The van der Waals surface area contributed by atoms with E-state index < -0.39 is 11.7 Å². The molecule has 104 valence electrons. The van der Waals surface area contributed by atoms with Gasteiger partial charge in [0.1, 0.15) is 5.75 Å². The van der Waals surface area contributed by atoms with E-state index in [2.05, 4.69) is 5.32 Å². The fraction of sp³-hybridized carbons (Fsp3) is 0.0714. The van der Waals surface area contributed by atoms with E-state index in [0.717, 1.165) is 12.1 Å². The monoisotopic (exact) mass is 281 g/mol. The molecule has 20 heavy (non-hydrogen) atoms. The van der Waals surface area contributed by atoms with Crippen LogP contribution in [0.4, 0.5) is 18.9 Å². The Morgan fingerprint density at radius 3 is 2.35 bits per heavy atom. The molecule has 0 bridgehead atoms. The Hall–Kier alpha value is -2.50. The van der Waals surface area contributed by atoms with Gasteiger partial charge in [0.15, 0.2) is 5.75 Å². The van der Waals surface area contributed by atoms with E-state index in [0.29, 0.717) is 12.2 Å². The lowest BCUT2D eigenvalue weighted by molar-refractivity contribution is -0.137. The first-order valence-corrected chi connectivity index (χ1v) is 5.65. The highest BCUT2D eigenvalue weighted by Crippen LogP contribution is 2.36. The number of nitrogens with one attached hydrogen (secondary N) is 1. The number of halogens is 3. The minimum absolute atomic E-state index is 0.0429. The second-order valence-corrected chi connectivity index (χ2v) is 3.89. The van der Waals surface area contributed by atoms with Crippen LogP contribution in [0.15, 0.2) is 48.5 Å². The van der Waals surface area contributed by atoms with Crippen molar-refractivity contribution in [3.8, 4) is 11.5 Å². The Labute approximate surface area is 113 Å². The molecular formula is C14H10F3NO2. The summed E-state index contributed by atoms with van der Waals surface area (Å²) in [6, 6.07) is 11.4. The molecule has 0 saturated heterocycles. The number of carbonyl (C=O) groups is 1. The van der Waals surface area contributed by atoms with Crippen LogP contribution in [0.25, 0.3) is 0 Å². The lowest BCUT2D eigenvalue weighted by atomic mass is 10.2. The van der Waals surface area contributed by atoms with Crippen LogP contribution in [0.5, 0.6) is 11.5 Å². The summed E-state index contributed by atoms with van der Waals surface area (Å²) in [5.41, 5.74) is -0.902. The van der Waals surface area contributed by atoms with Gasteiger partial charge in [0, 0.05) is 0 Å². The standard InChI is InChI=1S/C14H10F3NO2/c15-14(16,17)10-6-7-13(12(8-10)18-9-19)20-11-4-2-1-3-5-11/h1-9H,(H,18,19). The van der Waals surface area contributed by atoms with Gasteiger partial charge in [-0.1, -0.05) is 18.2 Å². The molecule has 6 heteroatoms. The van der Waals surface area contributed by atoms with Gasteiger partial charge in [0.05, 0.1) is 11.3 Å². The van der Waals surface area contributed by atoms with Gasteiger partial charge >= 0.3 is 6.18 Å².